The van der Waals surface area contributed by atoms with Gasteiger partial charge < -0.3 is 0 Å². The molecule has 10 heteroatoms. The molecule has 0 N–H and O–H groups in total. The SMILES string of the molecule is CON(C)C(=O)C(Cc1cccc(-c2cc(C(C)(C)S(C)(=O)=O)cc3cccnc23)c1)c1ccc(S(C)(=O)=O)cc1. The number of sulfone groups is 2. The van der Waals surface area contributed by atoms with E-state index >= 15 is 0 Å². The molecule has 0 aliphatic heterocycles. The Hall–Kier alpha value is -3.60. The van der Waals surface area contributed by atoms with Gasteiger partial charge in [0.05, 0.1) is 28.2 Å². The Morgan fingerprint density at radius 2 is 1.63 bits per heavy atom. The first-order valence-corrected chi connectivity index (χ1v) is 16.7. The molecule has 216 valence electrons. The fourth-order valence-electron chi connectivity index (χ4n) is 4.68. The van der Waals surface area contributed by atoms with Crippen LogP contribution in [0.3, 0.4) is 0 Å². The first kappa shape index (κ1) is 30.4. The summed E-state index contributed by atoms with van der Waals surface area (Å²) in [7, 11) is -3.87. The predicted molar refractivity (Wildman–Crippen MR) is 161 cm³/mol. The highest BCUT2D eigenvalue weighted by molar-refractivity contribution is 7.91. The van der Waals surface area contributed by atoms with Gasteiger partial charge in [-0.15, -0.1) is 0 Å². The standard InChI is InChI=1S/C31H34N2O6S2/c1-31(2,41(6,37)38)25-19-24-11-8-16-32-29(24)27(20-25)23-10-7-9-21(17-23)18-28(30(34)33(3)39-4)22-12-14-26(15-13-22)40(5,35)36/h7-17,19-20,28H,18H2,1-6H3. The van der Waals surface area contributed by atoms with E-state index in [1.54, 1.807) is 32.2 Å². The molecule has 4 aromatic rings. The van der Waals surface area contributed by atoms with Crippen molar-refractivity contribution in [1.29, 1.82) is 0 Å². The number of nitrogens with zero attached hydrogens (tertiary/aromatic N) is 2. The van der Waals surface area contributed by atoms with Crippen molar-refractivity contribution >= 4 is 36.5 Å². The van der Waals surface area contributed by atoms with Crippen LogP contribution in [0.2, 0.25) is 0 Å². The zero-order valence-electron chi connectivity index (χ0n) is 24.0. The van der Waals surface area contributed by atoms with E-state index in [4.69, 9.17) is 4.84 Å². The van der Waals surface area contributed by atoms with E-state index in [1.165, 1.54) is 32.5 Å². The van der Waals surface area contributed by atoms with E-state index in [0.717, 1.165) is 38.9 Å². The fraction of sp³-hybridized carbons (Fsp3) is 0.290. The zero-order valence-corrected chi connectivity index (χ0v) is 25.6. The molecule has 1 atom stereocenters. The molecule has 0 saturated carbocycles. The molecule has 0 saturated heterocycles. The number of amides is 1. The maximum Gasteiger partial charge on any atom is 0.253 e. The van der Waals surface area contributed by atoms with E-state index in [1.807, 2.05) is 48.5 Å². The summed E-state index contributed by atoms with van der Waals surface area (Å²) in [6.07, 6.45) is 4.39. The van der Waals surface area contributed by atoms with Crippen molar-refractivity contribution < 1.29 is 26.5 Å². The number of rotatable bonds is 9. The smallest absolute Gasteiger partial charge is 0.253 e. The van der Waals surface area contributed by atoms with Crippen molar-refractivity contribution in [2.75, 3.05) is 26.7 Å². The second kappa shape index (κ2) is 11.3. The van der Waals surface area contributed by atoms with E-state index in [2.05, 4.69) is 4.98 Å². The minimum atomic E-state index is -3.42. The van der Waals surface area contributed by atoms with E-state index in [0.29, 0.717) is 17.5 Å². The number of hydrogen-bond acceptors (Lipinski definition) is 7. The van der Waals surface area contributed by atoms with Gasteiger partial charge in [0.1, 0.15) is 0 Å². The van der Waals surface area contributed by atoms with Crippen LogP contribution in [0.15, 0.2) is 83.9 Å². The Balaban J connectivity index is 1.81. The van der Waals surface area contributed by atoms with Crippen molar-refractivity contribution in [3.63, 3.8) is 0 Å². The Labute approximate surface area is 241 Å². The van der Waals surface area contributed by atoms with E-state index < -0.39 is 30.3 Å². The van der Waals surface area contributed by atoms with Crippen molar-refractivity contribution in [3.8, 4) is 11.1 Å². The Bertz CT molecular complexity index is 1820. The minimum Gasteiger partial charge on any atom is -0.275 e. The van der Waals surface area contributed by atoms with Gasteiger partial charge in [-0.2, -0.15) is 0 Å². The number of carbonyl (C=O) groups excluding carboxylic acids is 1. The molecule has 4 rings (SSSR count). The van der Waals surface area contributed by atoms with Gasteiger partial charge in [-0.05, 0) is 72.9 Å². The average molecular weight is 595 g/mol. The van der Waals surface area contributed by atoms with Gasteiger partial charge in [0.15, 0.2) is 19.7 Å². The summed E-state index contributed by atoms with van der Waals surface area (Å²) in [5.74, 6) is -0.928. The summed E-state index contributed by atoms with van der Waals surface area (Å²) >= 11 is 0. The Morgan fingerprint density at radius 1 is 0.951 bits per heavy atom. The quantitative estimate of drug-likeness (QED) is 0.253. The van der Waals surface area contributed by atoms with Gasteiger partial charge in [0, 0.05) is 36.7 Å². The van der Waals surface area contributed by atoms with Crippen LogP contribution in [0.25, 0.3) is 22.0 Å². The van der Waals surface area contributed by atoms with Crippen LogP contribution in [0.4, 0.5) is 0 Å². The van der Waals surface area contributed by atoms with Crippen molar-refractivity contribution in [2.45, 2.75) is 35.8 Å². The van der Waals surface area contributed by atoms with Gasteiger partial charge in [0.25, 0.3) is 5.91 Å². The lowest BCUT2D eigenvalue weighted by atomic mass is 9.89. The first-order valence-electron chi connectivity index (χ1n) is 12.9. The molecule has 1 aromatic heterocycles. The number of likely N-dealkylation sites (N-methyl/N-ethyl adjacent to an activating group) is 1. The summed E-state index contributed by atoms with van der Waals surface area (Å²) in [5, 5.41) is 1.98. The number of carbonyl (C=O) groups is 1. The number of hydroxylamine groups is 2. The Morgan fingerprint density at radius 3 is 2.24 bits per heavy atom. The second-order valence-corrected chi connectivity index (χ2v) is 15.3. The molecule has 1 heterocycles. The fourth-order valence-corrected chi connectivity index (χ4v) is 5.86. The number of hydrogen-bond donors (Lipinski definition) is 0. The number of pyridine rings is 1. The van der Waals surface area contributed by atoms with E-state index in [9.17, 15) is 21.6 Å². The lowest BCUT2D eigenvalue weighted by Gasteiger charge is -2.25. The third-order valence-electron chi connectivity index (χ3n) is 7.60. The van der Waals surface area contributed by atoms with Crippen LogP contribution < -0.4 is 0 Å². The third kappa shape index (κ3) is 6.34. The predicted octanol–water partition coefficient (Wildman–Crippen LogP) is 4.93. The summed E-state index contributed by atoms with van der Waals surface area (Å²) in [6.45, 7) is 3.38. The normalized spacial score (nSPS) is 13.2. The topological polar surface area (TPSA) is 111 Å². The molecule has 0 aliphatic rings. The van der Waals surface area contributed by atoms with Crippen LogP contribution in [-0.4, -0.2) is 59.5 Å². The Kier molecular flexibility index (Phi) is 8.40. The summed E-state index contributed by atoms with van der Waals surface area (Å²) < 4.78 is 48.2. The molecule has 41 heavy (non-hydrogen) atoms. The lowest BCUT2D eigenvalue weighted by molar-refractivity contribution is -0.170. The molecule has 0 bridgehead atoms. The molecular weight excluding hydrogens is 560 g/mol. The summed E-state index contributed by atoms with van der Waals surface area (Å²) in [6, 6.07) is 21.5. The van der Waals surface area contributed by atoms with Crippen LogP contribution in [0.5, 0.6) is 0 Å². The van der Waals surface area contributed by atoms with Gasteiger partial charge in [-0.3, -0.25) is 14.6 Å². The van der Waals surface area contributed by atoms with Gasteiger partial charge in [-0.1, -0.05) is 42.5 Å². The van der Waals surface area contributed by atoms with Crippen LogP contribution >= 0.6 is 0 Å². The second-order valence-electron chi connectivity index (χ2n) is 10.7. The minimum absolute atomic E-state index is 0.172. The van der Waals surface area contributed by atoms with Gasteiger partial charge >= 0.3 is 0 Å². The number of fused-ring (bicyclic) bond motifs is 1. The molecule has 1 amide bonds. The molecule has 0 spiro atoms. The van der Waals surface area contributed by atoms with Crippen LogP contribution in [0.1, 0.15) is 36.5 Å². The third-order valence-corrected chi connectivity index (χ3v) is 10.8. The molecular formula is C31H34N2O6S2. The van der Waals surface area contributed by atoms with Crippen molar-refractivity contribution in [3.05, 3.63) is 95.7 Å². The largest absolute Gasteiger partial charge is 0.275 e. The molecule has 3 aromatic carbocycles. The van der Waals surface area contributed by atoms with E-state index in [-0.39, 0.29) is 10.8 Å². The number of aromatic nitrogens is 1. The zero-order chi connectivity index (χ0) is 30.2. The number of benzene rings is 3. The molecule has 0 radical (unpaired) electrons. The molecule has 1 unspecified atom stereocenters. The monoisotopic (exact) mass is 594 g/mol. The molecule has 8 nitrogen and oxygen atoms in total. The molecule has 0 fully saturated rings. The van der Waals surface area contributed by atoms with Crippen molar-refractivity contribution in [1.82, 2.24) is 10.0 Å². The van der Waals surface area contributed by atoms with Gasteiger partial charge in [0.2, 0.25) is 0 Å². The highest BCUT2D eigenvalue weighted by Crippen LogP contribution is 2.37. The first-order chi connectivity index (χ1) is 19.1. The van der Waals surface area contributed by atoms with Crippen LogP contribution in [-0.2, 0) is 40.5 Å². The van der Waals surface area contributed by atoms with Gasteiger partial charge in [-0.25, -0.2) is 21.9 Å². The molecule has 0 aliphatic carbocycles. The average Bonchev–Trinajstić information content (AvgIpc) is 2.93. The van der Waals surface area contributed by atoms with Crippen molar-refractivity contribution in [2.24, 2.45) is 0 Å². The lowest BCUT2D eigenvalue weighted by Crippen LogP contribution is -2.32. The maximum atomic E-state index is 13.4. The van der Waals surface area contributed by atoms with Crippen LogP contribution in [0, 0.1) is 0 Å². The summed E-state index contributed by atoms with van der Waals surface area (Å²) in [5.41, 5.74) is 4.51. The highest BCUT2D eigenvalue weighted by Gasteiger charge is 2.33. The maximum absolute atomic E-state index is 13.4. The highest BCUT2D eigenvalue weighted by atomic mass is 32.2. The summed E-state index contributed by atoms with van der Waals surface area (Å²) in [4.78, 5) is 23.3.